The van der Waals surface area contributed by atoms with E-state index < -0.39 is 24.0 Å². The standard InChI is InChI=1S/C31H28O8/c1-18(2)29(32)36-25-14-11-22(12-15-25)21-7-9-23(10-8-21)28(39-35)24-13-16-26(37-30(33)19(3)4)27(17-24)38-31(34)20(5)6/h7-17,28,35H,1,3,5H2,2,4,6H3. The summed E-state index contributed by atoms with van der Waals surface area (Å²) >= 11 is 0. The molecule has 1 N–H and O–H groups in total. The number of carbonyl (C=O) groups excluding carboxylic acids is 3. The molecule has 0 spiro atoms. The van der Waals surface area contributed by atoms with Crippen LogP contribution in [0.5, 0.6) is 17.2 Å². The molecular formula is C31H28O8. The van der Waals surface area contributed by atoms with Crippen molar-refractivity contribution in [3.63, 3.8) is 0 Å². The molecule has 0 saturated carbocycles. The Labute approximate surface area is 226 Å². The van der Waals surface area contributed by atoms with E-state index in [9.17, 15) is 19.6 Å². The second-order valence-electron chi connectivity index (χ2n) is 8.85. The van der Waals surface area contributed by atoms with Crippen LogP contribution in [0.15, 0.2) is 103 Å². The first-order chi connectivity index (χ1) is 18.5. The Morgan fingerprint density at radius 1 is 0.615 bits per heavy atom. The Bertz CT molecular complexity index is 1430. The number of benzene rings is 3. The normalized spacial score (nSPS) is 11.2. The van der Waals surface area contributed by atoms with Gasteiger partial charge in [0.25, 0.3) is 0 Å². The monoisotopic (exact) mass is 528 g/mol. The zero-order valence-electron chi connectivity index (χ0n) is 21.9. The molecule has 8 nitrogen and oxygen atoms in total. The van der Waals surface area contributed by atoms with Crippen LogP contribution >= 0.6 is 0 Å². The van der Waals surface area contributed by atoms with E-state index in [1.54, 1.807) is 37.3 Å². The average Bonchev–Trinajstić information content (AvgIpc) is 2.91. The molecule has 200 valence electrons. The molecule has 0 aromatic heterocycles. The van der Waals surface area contributed by atoms with Crippen molar-refractivity contribution in [2.75, 3.05) is 0 Å². The lowest BCUT2D eigenvalue weighted by atomic mass is 9.98. The maximum absolute atomic E-state index is 12.2. The molecule has 1 atom stereocenters. The van der Waals surface area contributed by atoms with Gasteiger partial charge in [-0.2, -0.15) is 0 Å². The van der Waals surface area contributed by atoms with E-state index in [0.29, 0.717) is 22.4 Å². The highest BCUT2D eigenvalue weighted by Crippen LogP contribution is 2.35. The van der Waals surface area contributed by atoms with E-state index in [4.69, 9.17) is 19.1 Å². The first-order valence-electron chi connectivity index (χ1n) is 11.8. The van der Waals surface area contributed by atoms with Gasteiger partial charge in [-0.15, -0.1) is 0 Å². The third kappa shape index (κ3) is 7.38. The molecule has 0 radical (unpaired) electrons. The summed E-state index contributed by atoms with van der Waals surface area (Å²) in [5.41, 5.74) is 3.37. The molecule has 0 fully saturated rings. The van der Waals surface area contributed by atoms with Crippen molar-refractivity contribution >= 4 is 17.9 Å². The van der Waals surface area contributed by atoms with Crippen LogP contribution in [0.2, 0.25) is 0 Å². The minimum Gasteiger partial charge on any atom is -0.423 e. The fourth-order valence-corrected chi connectivity index (χ4v) is 3.30. The van der Waals surface area contributed by atoms with Crippen molar-refractivity contribution in [2.45, 2.75) is 26.9 Å². The lowest BCUT2D eigenvalue weighted by molar-refractivity contribution is -0.270. The van der Waals surface area contributed by atoms with Crippen molar-refractivity contribution in [3.05, 3.63) is 114 Å². The van der Waals surface area contributed by atoms with Crippen LogP contribution in [-0.4, -0.2) is 23.2 Å². The third-order valence-corrected chi connectivity index (χ3v) is 5.44. The Balaban J connectivity index is 1.87. The van der Waals surface area contributed by atoms with Crippen molar-refractivity contribution < 1.29 is 38.7 Å². The lowest BCUT2D eigenvalue weighted by Crippen LogP contribution is -2.13. The van der Waals surface area contributed by atoms with Crippen LogP contribution in [0.1, 0.15) is 38.0 Å². The molecule has 8 heteroatoms. The van der Waals surface area contributed by atoms with Crippen LogP contribution < -0.4 is 14.2 Å². The van der Waals surface area contributed by atoms with Crippen LogP contribution in [0, 0.1) is 0 Å². The summed E-state index contributed by atoms with van der Waals surface area (Å²) < 4.78 is 15.9. The molecule has 0 aliphatic heterocycles. The predicted molar refractivity (Wildman–Crippen MR) is 145 cm³/mol. The second kappa shape index (κ2) is 12.6. The van der Waals surface area contributed by atoms with Gasteiger partial charge in [-0.05, 0) is 67.3 Å². The summed E-state index contributed by atoms with van der Waals surface area (Å²) in [5, 5.41) is 9.74. The lowest BCUT2D eigenvalue weighted by Gasteiger charge is -2.18. The van der Waals surface area contributed by atoms with E-state index in [0.717, 1.165) is 11.1 Å². The third-order valence-electron chi connectivity index (χ3n) is 5.44. The number of hydrogen-bond acceptors (Lipinski definition) is 8. The summed E-state index contributed by atoms with van der Waals surface area (Å²) in [6.07, 6.45) is -0.948. The van der Waals surface area contributed by atoms with Gasteiger partial charge >= 0.3 is 17.9 Å². The molecule has 0 bridgehead atoms. The van der Waals surface area contributed by atoms with Gasteiger partial charge in [0.2, 0.25) is 0 Å². The molecule has 0 amide bonds. The van der Waals surface area contributed by atoms with E-state index >= 15 is 0 Å². The van der Waals surface area contributed by atoms with Crippen LogP contribution in [0.4, 0.5) is 0 Å². The quantitative estimate of drug-likeness (QED) is 0.106. The van der Waals surface area contributed by atoms with Crippen molar-refractivity contribution in [3.8, 4) is 28.4 Å². The fraction of sp³-hybridized carbons (Fsp3) is 0.129. The molecule has 0 aliphatic carbocycles. The van der Waals surface area contributed by atoms with Crippen molar-refractivity contribution in [1.82, 2.24) is 0 Å². The van der Waals surface area contributed by atoms with Gasteiger partial charge in [-0.25, -0.2) is 19.3 Å². The molecule has 39 heavy (non-hydrogen) atoms. The molecule has 0 heterocycles. The SMILES string of the molecule is C=C(C)C(=O)Oc1ccc(-c2ccc(C(OO)c3ccc(OC(=O)C(=C)C)c(OC(=O)C(=C)C)c3)cc2)cc1. The summed E-state index contributed by atoms with van der Waals surface area (Å²) in [7, 11) is 0. The van der Waals surface area contributed by atoms with E-state index in [2.05, 4.69) is 19.7 Å². The zero-order chi connectivity index (χ0) is 28.7. The van der Waals surface area contributed by atoms with Crippen LogP contribution in [-0.2, 0) is 19.3 Å². The number of rotatable bonds is 10. The van der Waals surface area contributed by atoms with Crippen molar-refractivity contribution in [1.29, 1.82) is 0 Å². The molecule has 3 aromatic carbocycles. The van der Waals surface area contributed by atoms with Gasteiger partial charge in [0.15, 0.2) is 11.5 Å². The summed E-state index contributed by atoms with van der Waals surface area (Å²) in [5.74, 6) is -1.57. The smallest absolute Gasteiger partial charge is 0.338 e. The number of esters is 3. The molecule has 1 unspecified atom stereocenters. The summed E-state index contributed by atoms with van der Waals surface area (Å²) in [6.45, 7) is 15.2. The molecule has 0 saturated heterocycles. The van der Waals surface area contributed by atoms with Gasteiger partial charge in [0.1, 0.15) is 11.9 Å². The summed E-state index contributed by atoms with van der Waals surface area (Å²) in [6, 6.07) is 18.6. The highest BCUT2D eigenvalue weighted by atomic mass is 17.1. The minimum atomic E-state index is -0.948. The Kier molecular flexibility index (Phi) is 9.33. The Morgan fingerprint density at radius 2 is 1.05 bits per heavy atom. The highest BCUT2D eigenvalue weighted by Gasteiger charge is 2.21. The summed E-state index contributed by atoms with van der Waals surface area (Å²) in [4.78, 5) is 40.7. The Morgan fingerprint density at radius 3 is 1.54 bits per heavy atom. The maximum Gasteiger partial charge on any atom is 0.338 e. The van der Waals surface area contributed by atoms with E-state index in [1.807, 2.05) is 24.3 Å². The highest BCUT2D eigenvalue weighted by molar-refractivity contribution is 5.91. The predicted octanol–water partition coefficient (Wildman–Crippen LogP) is 6.38. The topological polar surface area (TPSA) is 108 Å². The van der Waals surface area contributed by atoms with Gasteiger partial charge in [0.05, 0.1) is 0 Å². The average molecular weight is 529 g/mol. The first kappa shape index (κ1) is 28.8. The molecule has 0 aliphatic rings. The number of carbonyl (C=O) groups is 3. The van der Waals surface area contributed by atoms with Gasteiger partial charge in [-0.3, -0.25) is 5.26 Å². The molecule has 3 aromatic rings. The Hall–Kier alpha value is -4.79. The molecule has 3 rings (SSSR count). The maximum atomic E-state index is 12.2. The minimum absolute atomic E-state index is 0.00855. The number of ether oxygens (including phenoxy) is 3. The van der Waals surface area contributed by atoms with Crippen molar-refractivity contribution in [2.24, 2.45) is 0 Å². The van der Waals surface area contributed by atoms with Crippen LogP contribution in [0.25, 0.3) is 11.1 Å². The van der Waals surface area contributed by atoms with Gasteiger partial charge in [0, 0.05) is 16.7 Å². The van der Waals surface area contributed by atoms with E-state index in [-0.39, 0.29) is 22.6 Å². The second-order valence-corrected chi connectivity index (χ2v) is 8.85. The largest absolute Gasteiger partial charge is 0.423 e. The molecular weight excluding hydrogens is 500 g/mol. The van der Waals surface area contributed by atoms with Crippen LogP contribution in [0.3, 0.4) is 0 Å². The number of hydrogen-bond donors (Lipinski definition) is 1. The van der Waals surface area contributed by atoms with Gasteiger partial charge < -0.3 is 14.2 Å². The first-order valence-corrected chi connectivity index (χ1v) is 11.8. The van der Waals surface area contributed by atoms with Gasteiger partial charge in [-0.1, -0.05) is 62.2 Å². The zero-order valence-corrected chi connectivity index (χ0v) is 21.9. The van der Waals surface area contributed by atoms with E-state index in [1.165, 1.54) is 26.0 Å². The fourth-order valence-electron chi connectivity index (χ4n) is 3.30.